The molecule has 0 fully saturated rings. The minimum Gasteiger partial charge on any atom is -0.493 e. The predicted octanol–water partition coefficient (Wildman–Crippen LogP) is 4.37. The molecule has 2 aromatic carbocycles. The lowest BCUT2D eigenvalue weighted by Crippen LogP contribution is -2.13. The van der Waals surface area contributed by atoms with Crippen LogP contribution in [-0.4, -0.2) is 20.1 Å². The number of rotatable bonds is 4. The summed E-state index contributed by atoms with van der Waals surface area (Å²) in [6, 6.07) is 10.3. The molecule has 0 heterocycles. The second-order valence-electron chi connectivity index (χ2n) is 4.12. The Morgan fingerprint density at radius 3 is 2.57 bits per heavy atom. The Bertz CT molecular complexity index is 676. The normalized spacial score (nSPS) is 10.1. The fourth-order valence-corrected chi connectivity index (χ4v) is 2.27. The summed E-state index contributed by atoms with van der Waals surface area (Å²) in [5.74, 6) is 0.587. The molecule has 21 heavy (non-hydrogen) atoms. The standard InChI is InChI=1S/C15H13BrClNO3/c1-20-13-5-3-4-10(14(13)21-2)15(19)18-9-6-7-11(16)12(17)8-9/h3-8H,1-2H3,(H,18,19). The molecule has 2 rings (SSSR count). The van der Waals surface area contributed by atoms with Gasteiger partial charge in [0.15, 0.2) is 11.5 Å². The third-order valence-corrected chi connectivity index (χ3v) is 4.06. The smallest absolute Gasteiger partial charge is 0.259 e. The first-order valence-corrected chi connectivity index (χ1v) is 7.21. The van der Waals surface area contributed by atoms with Crippen molar-refractivity contribution in [2.45, 2.75) is 0 Å². The number of benzene rings is 2. The van der Waals surface area contributed by atoms with Crippen molar-refractivity contribution in [2.75, 3.05) is 19.5 Å². The Morgan fingerprint density at radius 1 is 1.19 bits per heavy atom. The van der Waals surface area contributed by atoms with Crippen LogP contribution in [0.25, 0.3) is 0 Å². The average Bonchev–Trinajstić information content (AvgIpc) is 2.49. The number of hydrogen-bond acceptors (Lipinski definition) is 3. The predicted molar refractivity (Wildman–Crippen MR) is 86.7 cm³/mol. The van der Waals surface area contributed by atoms with Gasteiger partial charge in [0.2, 0.25) is 0 Å². The van der Waals surface area contributed by atoms with Gasteiger partial charge in [0.1, 0.15) is 0 Å². The first-order chi connectivity index (χ1) is 10.1. The molecule has 6 heteroatoms. The highest BCUT2D eigenvalue weighted by molar-refractivity contribution is 9.10. The van der Waals surface area contributed by atoms with Crippen LogP contribution in [0.5, 0.6) is 11.5 Å². The van der Waals surface area contributed by atoms with Gasteiger partial charge in [-0.1, -0.05) is 17.7 Å². The first kappa shape index (κ1) is 15.7. The van der Waals surface area contributed by atoms with Crippen LogP contribution in [0.1, 0.15) is 10.4 Å². The summed E-state index contributed by atoms with van der Waals surface area (Å²) in [4.78, 5) is 12.4. The Balaban J connectivity index is 2.30. The van der Waals surface area contributed by atoms with Gasteiger partial charge in [0.05, 0.1) is 24.8 Å². The van der Waals surface area contributed by atoms with Gasteiger partial charge in [0.25, 0.3) is 5.91 Å². The zero-order valence-corrected chi connectivity index (χ0v) is 13.8. The van der Waals surface area contributed by atoms with Crippen molar-refractivity contribution in [1.29, 1.82) is 0 Å². The SMILES string of the molecule is COc1cccc(C(=O)Nc2ccc(Br)c(Cl)c2)c1OC. The minimum absolute atomic E-state index is 0.302. The average molecular weight is 371 g/mol. The molecule has 1 N–H and O–H groups in total. The summed E-state index contributed by atoms with van der Waals surface area (Å²) < 4.78 is 11.2. The molecule has 1 amide bonds. The number of methoxy groups -OCH3 is 2. The van der Waals surface area contributed by atoms with Crippen molar-refractivity contribution in [2.24, 2.45) is 0 Å². The maximum Gasteiger partial charge on any atom is 0.259 e. The van der Waals surface area contributed by atoms with Crippen LogP contribution in [0.4, 0.5) is 5.69 Å². The maximum absolute atomic E-state index is 12.4. The fourth-order valence-electron chi connectivity index (χ4n) is 1.84. The highest BCUT2D eigenvalue weighted by Crippen LogP contribution is 2.31. The van der Waals surface area contributed by atoms with Crippen LogP contribution in [0.15, 0.2) is 40.9 Å². The van der Waals surface area contributed by atoms with E-state index in [4.69, 9.17) is 21.1 Å². The molecule has 2 aromatic rings. The fraction of sp³-hybridized carbons (Fsp3) is 0.133. The van der Waals surface area contributed by atoms with Crippen LogP contribution < -0.4 is 14.8 Å². The highest BCUT2D eigenvalue weighted by Gasteiger charge is 2.16. The van der Waals surface area contributed by atoms with Crippen LogP contribution >= 0.6 is 27.5 Å². The van der Waals surface area contributed by atoms with Gasteiger partial charge in [-0.05, 0) is 46.3 Å². The molecule has 0 saturated carbocycles. The number of anilines is 1. The number of para-hydroxylation sites is 1. The van der Waals surface area contributed by atoms with E-state index in [1.54, 1.807) is 36.4 Å². The van der Waals surface area contributed by atoms with Gasteiger partial charge >= 0.3 is 0 Å². The minimum atomic E-state index is -0.302. The molecule has 0 aromatic heterocycles. The van der Waals surface area contributed by atoms with Gasteiger partial charge < -0.3 is 14.8 Å². The quantitative estimate of drug-likeness (QED) is 0.869. The van der Waals surface area contributed by atoms with E-state index in [0.717, 1.165) is 4.47 Å². The van der Waals surface area contributed by atoms with E-state index in [0.29, 0.717) is 27.8 Å². The molecule has 0 unspecified atom stereocenters. The largest absolute Gasteiger partial charge is 0.493 e. The summed E-state index contributed by atoms with van der Waals surface area (Å²) in [6.07, 6.45) is 0. The summed E-state index contributed by atoms with van der Waals surface area (Å²) in [7, 11) is 3.01. The van der Waals surface area contributed by atoms with Gasteiger partial charge in [-0.3, -0.25) is 4.79 Å². The van der Waals surface area contributed by atoms with Gasteiger partial charge in [-0.25, -0.2) is 0 Å². The first-order valence-electron chi connectivity index (χ1n) is 6.04. The summed E-state index contributed by atoms with van der Waals surface area (Å²) in [5, 5.41) is 3.29. The van der Waals surface area contributed by atoms with Crippen molar-refractivity contribution < 1.29 is 14.3 Å². The molecule has 4 nitrogen and oxygen atoms in total. The number of carbonyl (C=O) groups is 1. The number of ether oxygens (including phenoxy) is 2. The van der Waals surface area contributed by atoms with Crippen molar-refractivity contribution >= 4 is 39.1 Å². The highest BCUT2D eigenvalue weighted by atomic mass is 79.9. The molecule has 0 spiro atoms. The molecule has 0 saturated heterocycles. The number of halogens is 2. The van der Waals surface area contributed by atoms with Crippen LogP contribution in [0, 0.1) is 0 Å². The number of hydrogen-bond donors (Lipinski definition) is 1. The van der Waals surface area contributed by atoms with E-state index >= 15 is 0 Å². The Kier molecular flexibility index (Phi) is 5.09. The van der Waals surface area contributed by atoms with E-state index in [1.165, 1.54) is 14.2 Å². The molecular weight excluding hydrogens is 358 g/mol. The van der Waals surface area contributed by atoms with Crippen molar-refractivity contribution in [3.05, 3.63) is 51.5 Å². The lowest BCUT2D eigenvalue weighted by Gasteiger charge is -2.12. The Hall–Kier alpha value is -1.72. The summed E-state index contributed by atoms with van der Waals surface area (Å²) >= 11 is 9.31. The topological polar surface area (TPSA) is 47.6 Å². The number of nitrogens with one attached hydrogen (secondary N) is 1. The molecule has 0 aliphatic carbocycles. The molecule has 0 aliphatic rings. The lowest BCUT2D eigenvalue weighted by atomic mass is 10.1. The van der Waals surface area contributed by atoms with Gasteiger partial charge in [-0.2, -0.15) is 0 Å². The molecular formula is C15H13BrClNO3. The molecule has 110 valence electrons. The second kappa shape index (κ2) is 6.83. The van der Waals surface area contributed by atoms with E-state index in [1.807, 2.05) is 0 Å². The zero-order valence-electron chi connectivity index (χ0n) is 11.4. The van der Waals surface area contributed by atoms with Crippen LogP contribution in [0.2, 0.25) is 5.02 Å². The molecule has 0 atom stereocenters. The second-order valence-corrected chi connectivity index (χ2v) is 5.39. The summed E-state index contributed by atoms with van der Waals surface area (Å²) in [6.45, 7) is 0. The molecule has 0 aliphatic heterocycles. The number of amides is 1. The van der Waals surface area contributed by atoms with Crippen LogP contribution in [0.3, 0.4) is 0 Å². The van der Waals surface area contributed by atoms with E-state index in [2.05, 4.69) is 21.2 Å². The Labute approximate surface area is 136 Å². The van der Waals surface area contributed by atoms with Crippen LogP contribution in [-0.2, 0) is 0 Å². The van der Waals surface area contributed by atoms with Crippen molar-refractivity contribution in [1.82, 2.24) is 0 Å². The third-order valence-electron chi connectivity index (χ3n) is 2.83. The molecule has 0 bridgehead atoms. The van der Waals surface area contributed by atoms with Gasteiger partial charge in [0, 0.05) is 10.2 Å². The zero-order chi connectivity index (χ0) is 15.4. The van der Waals surface area contributed by atoms with Crippen molar-refractivity contribution in [3.63, 3.8) is 0 Å². The van der Waals surface area contributed by atoms with E-state index in [9.17, 15) is 4.79 Å². The lowest BCUT2D eigenvalue weighted by molar-refractivity contribution is 0.102. The van der Waals surface area contributed by atoms with E-state index < -0.39 is 0 Å². The van der Waals surface area contributed by atoms with E-state index in [-0.39, 0.29) is 5.91 Å². The Morgan fingerprint density at radius 2 is 1.95 bits per heavy atom. The number of carbonyl (C=O) groups excluding carboxylic acids is 1. The molecule has 0 radical (unpaired) electrons. The maximum atomic E-state index is 12.4. The summed E-state index contributed by atoms with van der Waals surface area (Å²) in [5.41, 5.74) is 0.981. The van der Waals surface area contributed by atoms with Gasteiger partial charge in [-0.15, -0.1) is 0 Å². The van der Waals surface area contributed by atoms with Crippen molar-refractivity contribution in [3.8, 4) is 11.5 Å². The third kappa shape index (κ3) is 3.49. The monoisotopic (exact) mass is 369 g/mol.